The molecule has 3 atom stereocenters. The van der Waals surface area contributed by atoms with Crippen LogP contribution in [0, 0.1) is 0 Å². The lowest BCUT2D eigenvalue weighted by molar-refractivity contribution is -0.207. The van der Waals surface area contributed by atoms with E-state index in [0.717, 1.165) is 48.1 Å². The van der Waals surface area contributed by atoms with Gasteiger partial charge in [-0.1, -0.05) is 22.0 Å². The van der Waals surface area contributed by atoms with Gasteiger partial charge in [0.1, 0.15) is 11.5 Å². The summed E-state index contributed by atoms with van der Waals surface area (Å²) in [6.07, 6.45) is -1.82. The number of aliphatic hydroxyl groups excluding tert-OH is 1. The normalized spacial score (nSPS) is 20.5. The molecule has 4 rings (SSSR count). The molecule has 2 aliphatic rings. The zero-order valence-corrected chi connectivity index (χ0v) is 23.8. The standard InChI is InChI=1S/C15H19F3O4.C13H17BrO3/c1-20-11-5-6-12(14(19)15(16,17)18)10(8-11)9-22-13-4-2-3-7-21-13;1-15-11-5-6-12(14)10(8-11)9-17-13-4-2-3-7-16-13/h5-6,8,13-14,19H,2-4,7,9H2,1H3;5-6,8,13H,2-4,7,9H2,1H3. The molecule has 0 amide bonds. The van der Waals surface area contributed by atoms with Crippen molar-refractivity contribution in [3.05, 3.63) is 57.6 Å². The fourth-order valence-corrected chi connectivity index (χ4v) is 4.48. The number of rotatable bonds is 9. The first-order valence-electron chi connectivity index (χ1n) is 12.9. The topological polar surface area (TPSA) is 75.6 Å². The highest BCUT2D eigenvalue weighted by molar-refractivity contribution is 9.10. The molecule has 2 aromatic carbocycles. The summed E-state index contributed by atoms with van der Waals surface area (Å²) < 4.78 is 71.7. The summed E-state index contributed by atoms with van der Waals surface area (Å²) in [4.78, 5) is 0. The monoisotopic (exact) mass is 620 g/mol. The molecule has 0 radical (unpaired) electrons. The molecule has 1 N–H and O–H groups in total. The van der Waals surface area contributed by atoms with E-state index >= 15 is 0 Å². The Labute approximate surface area is 235 Å². The maximum atomic E-state index is 12.7. The molecule has 218 valence electrons. The van der Waals surface area contributed by atoms with Crippen molar-refractivity contribution < 1.29 is 46.7 Å². The van der Waals surface area contributed by atoms with Gasteiger partial charge in [0, 0.05) is 17.7 Å². The first-order chi connectivity index (χ1) is 18.7. The van der Waals surface area contributed by atoms with Gasteiger partial charge in [0.05, 0.1) is 27.4 Å². The van der Waals surface area contributed by atoms with Gasteiger partial charge in [0.15, 0.2) is 18.7 Å². The third kappa shape index (κ3) is 10.2. The van der Waals surface area contributed by atoms with Crippen LogP contribution >= 0.6 is 15.9 Å². The van der Waals surface area contributed by atoms with Gasteiger partial charge in [-0.3, -0.25) is 0 Å². The van der Waals surface area contributed by atoms with Crippen molar-refractivity contribution in [3.63, 3.8) is 0 Å². The van der Waals surface area contributed by atoms with Crippen molar-refractivity contribution in [1.82, 2.24) is 0 Å². The second kappa shape index (κ2) is 15.8. The molecule has 11 heteroatoms. The van der Waals surface area contributed by atoms with Crippen molar-refractivity contribution in [2.45, 2.75) is 76.6 Å². The van der Waals surface area contributed by atoms with Crippen LogP contribution in [-0.4, -0.2) is 51.3 Å². The first kappa shape index (κ1) is 31.6. The number of alkyl halides is 3. The maximum Gasteiger partial charge on any atom is 0.418 e. The minimum Gasteiger partial charge on any atom is -0.497 e. The van der Waals surface area contributed by atoms with E-state index in [2.05, 4.69) is 15.9 Å². The first-order valence-corrected chi connectivity index (χ1v) is 13.7. The van der Waals surface area contributed by atoms with Crippen LogP contribution in [0.25, 0.3) is 0 Å². The van der Waals surface area contributed by atoms with Crippen LogP contribution in [-0.2, 0) is 32.2 Å². The van der Waals surface area contributed by atoms with E-state index in [0.29, 0.717) is 25.4 Å². The van der Waals surface area contributed by atoms with E-state index in [4.69, 9.17) is 28.4 Å². The van der Waals surface area contributed by atoms with E-state index in [1.807, 2.05) is 18.2 Å². The number of halogens is 4. The average molecular weight is 621 g/mol. The van der Waals surface area contributed by atoms with Crippen LogP contribution in [0.5, 0.6) is 11.5 Å². The lowest BCUT2D eigenvalue weighted by Gasteiger charge is -2.24. The minimum atomic E-state index is -4.73. The van der Waals surface area contributed by atoms with Gasteiger partial charge in [0.2, 0.25) is 0 Å². The van der Waals surface area contributed by atoms with Gasteiger partial charge in [-0.2, -0.15) is 13.2 Å². The summed E-state index contributed by atoms with van der Waals surface area (Å²) in [6.45, 7) is 1.86. The van der Waals surface area contributed by atoms with Gasteiger partial charge in [-0.15, -0.1) is 0 Å². The molecule has 3 unspecified atom stereocenters. The third-order valence-corrected chi connectivity index (χ3v) is 7.11. The van der Waals surface area contributed by atoms with E-state index in [9.17, 15) is 18.3 Å². The Morgan fingerprint density at radius 3 is 1.85 bits per heavy atom. The highest BCUT2D eigenvalue weighted by Gasteiger charge is 2.40. The predicted octanol–water partition coefficient (Wildman–Crippen LogP) is 6.84. The van der Waals surface area contributed by atoms with Crippen LogP contribution < -0.4 is 9.47 Å². The van der Waals surface area contributed by atoms with E-state index < -0.39 is 18.6 Å². The molecule has 0 spiro atoms. The van der Waals surface area contributed by atoms with E-state index in [1.165, 1.54) is 31.7 Å². The summed E-state index contributed by atoms with van der Waals surface area (Å²) in [5, 5.41) is 9.49. The number of hydrogen-bond acceptors (Lipinski definition) is 7. The fraction of sp³-hybridized carbons (Fsp3) is 0.571. The van der Waals surface area contributed by atoms with Crippen LogP contribution in [0.15, 0.2) is 40.9 Å². The molecular formula is C28H36BrF3O7. The highest BCUT2D eigenvalue weighted by Crippen LogP contribution is 2.36. The Morgan fingerprint density at radius 1 is 0.846 bits per heavy atom. The SMILES string of the molecule is COc1ccc(Br)c(COC2CCCCO2)c1.COc1ccc(C(O)C(F)(F)F)c(COC2CCCCO2)c1. The Kier molecular flexibility index (Phi) is 12.8. The van der Waals surface area contributed by atoms with E-state index in [1.54, 1.807) is 7.11 Å². The van der Waals surface area contributed by atoms with Crippen molar-refractivity contribution in [3.8, 4) is 11.5 Å². The fourth-order valence-electron chi connectivity index (χ4n) is 4.12. The summed E-state index contributed by atoms with van der Waals surface area (Å²) >= 11 is 3.51. The predicted molar refractivity (Wildman–Crippen MR) is 141 cm³/mol. The lowest BCUT2D eigenvalue weighted by atomic mass is 10.0. The van der Waals surface area contributed by atoms with Gasteiger partial charge in [-0.25, -0.2) is 0 Å². The second-order valence-electron chi connectivity index (χ2n) is 9.18. The Balaban J connectivity index is 0.000000223. The van der Waals surface area contributed by atoms with Crippen molar-refractivity contribution in [2.75, 3.05) is 27.4 Å². The summed E-state index contributed by atoms with van der Waals surface area (Å²) in [5.41, 5.74) is 1.08. The van der Waals surface area contributed by atoms with Gasteiger partial charge >= 0.3 is 6.18 Å². The number of hydrogen-bond donors (Lipinski definition) is 1. The van der Waals surface area contributed by atoms with Crippen LogP contribution in [0.3, 0.4) is 0 Å². The number of ether oxygens (including phenoxy) is 6. The van der Waals surface area contributed by atoms with Crippen LogP contribution in [0.2, 0.25) is 0 Å². The van der Waals surface area contributed by atoms with Crippen molar-refractivity contribution >= 4 is 15.9 Å². The van der Waals surface area contributed by atoms with Crippen molar-refractivity contribution in [2.24, 2.45) is 0 Å². The maximum absolute atomic E-state index is 12.7. The average Bonchev–Trinajstić information content (AvgIpc) is 2.96. The molecule has 2 saturated heterocycles. The van der Waals surface area contributed by atoms with Gasteiger partial charge in [0.25, 0.3) is 0 Å². The Morgan fingerprint density at radius 2 is 1.36 bits per heavy atom. The lowest BCUT2D eigenvalue weighted by Crippen LogP contribution is -2.24. The largest absolute Gasteiger partial charge is 0.497 e. The molecule has 7 nitrogen and oxygen atoms in total. The van der Waals surface area contributed by atoms with Gasteiger partial charge < -0.3 is 33.5 Å². The van der Waals surface area contributed by atoms with Crippen LogP contribution in [0.4, 0.5) is 13.2 Å². The molecule has 2 aliphatic heterocycles. The molecule has 0 bridgehead atoms. The Hall–Kier alpha value is -1.89. The smallest absolute Gasteiger partial charge is 0.418 e. The molecule has 0 saturated carbocycles. The summed E-state index contributed by atoms with van der Waals surface area (Å²) in [7, 11) is 3.09. The number of methoxy groups -OCH3 is 2. The van der Waals surface area contributed by atoms with Crippen LogP contribution in [0.1, 0.15) is 61.3 Å². The Bertz CT molecular complexity index is 1010. The number of benzene rings is 2. The highest BCUT2D eigenvalue weighted by atomic mass is 79.9. The second-order valence-corrected chi connectivity index (χ2v) is 10.0. The minimum absolute atomic E-state index is 0.0538. The molecule has 0 aliphatic carbocycles. The summed E-state index contributed by atoms with van der Waals surface area (Å²) in [5.74, 6) is 1.25. The quantitative estimate of drug-likeness (QED) is 0.329. The molecule has 0 aromatic heterocycles. The molecular weight excluding hydrogens is 585 g/mol. The zero-order valence-electron chi connectivity index (χ0n) is 22.2. The molecule has 39 heavy (non-hydrogen) atoms. The van der Waals surface area contributed by atoms with Crippen molar-refractivity contribution in [1.29, 1.82) is 0 Å². The summed E-state index contributed by atoms with van der Waals surface area (Å²) in [6, 6.07) is 9.90. The third-order valence-electron chi connectivity index (χ3n) is 6.33. The molecule has 2 fully saturated rings. The molecule has 2 heterocycles. The van der Waals surface area contributed by atoms with E-state index in [-0.39, 0.29) is 24.0 Å². The molecule has 2 aromatic rings. The van der Waals surface area contributed by atoms with Gasteiger partial charge in [-0.05, 0) is 85.5 Å². The zero-order chi connectivity index (χ0) is 28.3. The number of aliphatic hydroxyl groups is 1.